The van der Waals surface area contributed by atoms with Gasteiger partial charge in [-0.15, -0.1) is 36.2 Å². The number of aromatic nitrogens is 1. The monoisotopic (exact) mass is 327 g/mol. The van der Waals surface area contributed by atoms with Crippen molar-refractivity contribution in [3.8, 4) is 0 Å². The minimum absolute atomic E-state index is 0. The van der Waals surface area contributed by atoms with Crippen LogP contribution in [0.5, 0.6) is 0 Å². The number of carbonyl (C=O) groups is 1. The van der Waals surface area contributed by atoms with Crippen molar-refractivity contribution in [2.75, 3.05) is 6.54 Å². The smallest absolute Gasteiger partial charge is 0.263 e. The van der Waals surface area contributed by atoms with E-state index >= 15 is 0 Å². The number of nitrogens with one attached hydrogen (secondary N) is 1. The fourth-order valence-corrected chi connectivity index (χ4v) is 2.41. The molecule has 4 nitrogen and oxygen atoms in total. The van der Waals surface area contributed by atoms with Gasteiger partial charge in [0.05, 0.1) is 10.7 Å². The Kier molecular flexibility index (Phi) is 9.64. The van der Waals surface area contributed by atoms with Crippen molar-refractivity contribution in [1.82, 2.24) is 10.3 Å². The molecule has 0 spiro atoms. The molecule has 0 unspecified atom stereocenters. The third-order valence-electron chi connectivity index (χ3n) is 3.12. The number of rotatable bonds is 5. The lowest BCUT2D eigenvalue weighted by Gasteiger charge is -2.26. The van der Waals surface area contributed by atoms with Crippen LogP contribution < -0.4 is 11.1 Å². The van der Waals surface area contributed by atoms with E-state index in [0.717, 1.165) is 23.5 Å². The van der Waals surface area contributed by atoms with Crippen molar-refractivity contribution >= 4 is 42.1 Å². The summed E-state index contributed by atoms with van der Waals surface area (Å²) in [7, 11) is 0. The highest BCUT2D eigenvalue weighted by Gasteiger charge is 2.22. The van der Waals surface area contributed by atoms with Crippen LogP contribution in [0.1, 0.15) is 47.1 Å². The molecule has 7 heteroatoms. The Bertz CT molecular complexity index is 406. The quantitative estimate of drug-likeness (QED) is 0.873. The Balaban J connectivity index is 0. The molecule has 1 heterocycles. The van der Waals surface area contributed by atoms with Gasteiger partial charge in [0.1, 0.15) is 4.88 Å². The molecule has 0 aliphatic carbocycles. The lowest BCUT2D eigenvalue weighted by molar-refractivity contribution is 0.0945. The first-order valence-corrected chi connectivity index (χ1v) is 6.74. The van der Waals surface area contributed by atoms with Gasteiger partial charge in [0.25, 0.3) is 5.91 Å². The average molecular weight is 328 g/mol. The van der Waals surface area contributed by atoms with Gasteiger partial charge >= 0.3 is 0 Å². The van der Waals surface area contributed by atoms with Crippen LogP contribution >= 0.6 is 36.2 Å². The molecule has 112 valence electrons. The zero-order valence-corrected chi connectivity index (χ0v) is 14.2. The lowest BCUT2D eigenvalue weighted by atomic mass is 9.94. The summed E-state index contributed by atoms with van der Waals surface area (Å²) < 4.78 is 0. The predicted octanol–water partition coefficient (Wildman–Crippen LogP) is 2.85. The number of nitrogens with zero attached hydrogens (tertiary/aromatic N) is 1. The van der Waals surface area contributed by atoms with Crippen LogP contribution in [0, 0.1) is 13.8 Å². The summed E-state index contributed by atoms with van der Waals surface area (Å²) in [6, 6.07) is 0. The lowest BCUT2D eigenvalue weighted by Crippen LogP contribution is -2.49. The maximum Gasteiger partial charge on any atom is 0.263 e. The molecule has 0 aromatic carbocycles. The highest BCUT2D eigenvalue weighted by atomic mass is 35.5. The predicted molar refractivity (Wildman–Crippen MR) is 85.9 cm³/mol. The molecule has 1 rings (SSSR count). The van der Waals surface area contributed by atoms with E-state index < -0.39 is 0 Å². The second-order valence-electron chi connectivity index (χ2n) is 4.40. The van der Waals surface area contributed by atoms with Crippen LogP contribution in [0.4, 0.5) is 0 Å². The standard InChI is InChI=1S/C12H21N3OS.2ClH/c1-5-12(13,6-2)7-14-11(16)10-8(3)15-9(4)17-10;;/h5-7,13H2,1-4H3,(H,14,16);2*1H. The van der Waals surface area contributed by atoms with E-state index in [0.29, 0.717) is 11.4 Å². The van der Waals surface area contributed by atoms with Crippen molar-refractivity contribution in [2.24, 2.45) is 5.73 Å². The molecule has 0 saturated heterocycles. The first-order chi connectivity index (χ1) is 7.91. The van der Waals surface area contributed by atoms with Gasteiger partial charge in [-0.3, -0.25) is 4.79 Å². The zero-order valence-electron chi connectivity index (χ0n) is 11.8. The van der Waals surface area contributed by atoms with E-state index in [2.05, 4.69) is 10.3 Å². The number of aryl methyl sites for hydroxylation is 2. The van der Waals surface area contributed by atoms with Crippen LogP contribution in [-0.2, 0) is 0 Å². The van der Waals surface area contributed by atoms with Gasteiger partial charge in [-0.05, 0) is 26.7 Å². The topological polar surface area (TPSA) is 68.0 Å². The molecule has 0 atom stereocenters. The minimum atomic E-state index is -0.302. The highest BCUT2D eigenvalue weighted by molar-refractivity contribution is 7.13. The van der Waals surface area contributed by atoms with Gasteiger partial charge in [0.15, 0.2) is 0 Å². The van der Waals surface area contributed by atoms with Crippen LogP contribution in [0.15, 0.2) is 0 Å². The molecule has 0 fully saturated rings. The Labute approximate surface area is 131 Å². The summed E-state index contributed by atoms with van der Waals surface area (Å²) in [4.78, 5) is 16.9. The number of thiazole rings is 1. The summed E-state index contributed by atoms with van der Waals surface area (Å²) in [6.45, 7) is 8.35. The van der Waals surface area contributed by atoms with Crippen LogP contribution in [-0.4, -0.2) is 23.0 Å². The van der Waals surface area contributed by atoms with E-state index in [1.165, 1.54) is 11.3 Å². The van der Waals surface area contributed by atoms with Crippen LogP contribution in [0.2, 0.25) is 0 Å². The minimum Gasteiger partial charge on any atom is -0.349 e. The van der Waals surface area contributed by atoms with Gasteiger partial charge in [-0.25, -0.2) is 4.98 Å². The normalized spacial score (nSPS) is 10.4. The van der Waals surface area contributed by atoms with Crippen LogP contribution in [0.3, 0.4) is 0 Å². The SMILES string of the molecule is CCC(N)(CC)CNC(=O)c1sc(C)nc1C.Cl.Cl. The summed E-state index contributed by atoms with van der Waals surface area (Å²) in [5.41, 5.74) is 6.63. The number of nitrogens with two attached hydrogens (primary N) is 1. The van der Waals surface area contributed by atoms with E-state index in [4.69, 9.17) is 5.73 Å². The third kappa shape index (κ3) is 5.65. The molecule has 1 amide bonds. The number of hydrogen-bond acceptors (Lipinski definition) is 4. The molecule has 0 aliphatic rings. The van der Waals surface area contributed by atoms with Crippen molar-refractivity contribution < 1.29 is 4.79 Å². The molecule has 1 aromatic heterocycles. The molecular weight excluding hydrogens is 305 g/mol. The Morgan fingerprint density at radius 2 is 1.84 bits per heavy atom. The summed E-state index contributed by atoms with van der Waals surface area (Å²) in [6.07, 6.45) is 1.70. The third-order valence-corrected chi connectivity index (χ3v) is 4.19. The number of halogens is 2. The molecule has 0 aliphatic heterocycles. The Morgan fingerprint density at radius 3 is 2.21 bits per heavy atom. The first-order valence-electron chi connectivity index (χ1n) is 5.93. The van der Waals surface area contributed by atoms with Gasteiger partial charge in [0.2, 0.25) is 0 Å². The Hall–Kier alpha value is -0.360. The fourth-order valence-electron chi connectivity index (χ4n) is 1.58. The summed E-state index contributed by atoms with van der Waals surface area (Å²) in [5, 5.41) is 3.82. The second kappa shape index (κ2) is 8.74. The van der Waals surface area contributed by atoms with E-state index in [-0.39, 0.29) is 36.3 Å². The van der Waals surface area contributed by atoms with E-state index in [1.807, 2.05) is 27.7 Å². The molecular formula is C12H23Cl2N3OS. The summed E-state index contributed by atoms with van der Waals surface area (Å²) in [5.74, 6) is -0.0650. The largest absolute Gasteiger partial charge is 0.349 e. The fraction of sp³-hybridized carbons (Fsp3) is 0.667. The Morgan fingerprint density at radius 1 is 1.32 bits per heavy atom. The molecule has 0 radical (unpaired) electrons. The van der Waals surface area contributed by atoms with Gasteiger partial charge < -0.3 is 11.1 Å². The summed E-state index contributed by atoms with van der Waals surface area (Å²) >= 11 is 1.42. The molecule has 1 aromatic rings. The van der Waals surface area contributed by atoms with E-state index in [1.54, 1.807) is 0 Å². The van der Waals surface area contributed by atoms with Crippen LogP contribution in [0.25, 0.3) is 0 Å². The number of carbonyl (C=O) groups excluding carboxylic acids is 1. The number of amides is 1. The molecule has 0 bridgehead atoms. The maximum atomic E-state index is 12.0. The van der Waals surface area contributed by atoms with E-state index in [9.17, 15) is 4.79 Å². The van der Waals surface area contributed by atoms with Gasteiger partial charge in [-0.1, -0.05) is 13.8 Å². The van der Waals surface area contributed by atoms with Crippen molar-refractivity contribution in [3.63, 3.8) is 0 Å². The maximum absolute atomic E-state index is 12.0. The first kappa shape index (κ1) is 20.9. The van der Waals surface area contributed by atoms with Crippen molar-refractivity contribution in [1.29, 1.82) is 0 Å². The van der Waals surface area contributed by atoms with Crippen molar-refractivity contribution in [2.45, 2.75) is 46.1 Å². The zero-order chi connectivity index (χ0) is 13.1. The number of hydrogen-bond donors (Lipinski definition) is 2. The molecule has 3 N–H and O–H groups in total. The average Bonchev–Trinajstić information content (AvgIpc) is 2.65. The molecule has 0 saturated carbocycles. The van der Waals surface area contributed by atoms with Gasteiger partial charge in [0, 0.05) is 12.1 Å². The second-order valence-corrected chi connectivity index (χ2v) is 5.60. The van der Waals surface area contributed by atoms with Gasteiger partial charge in [-0.2, -0.15) is 0 Å². The van der Waals surface area contributed by atoms with Crippen molar-refractivity contribution in [3.05, 3.63) is 15.6 Å². The highest BCUT2D eigenvalue weighted by Crippen LogP contribution is 2.17. The molecule has 19 heavy (non-hydrogen) atoms.